The van der Waals surface area contributed by atoms with Crippen molar-refractivity contribution < 1.29 is 19.1 Å². The second kappa shape index (κ2) is 6.91. The smallest absolute Gasteiger partial charge is 0.411 e. The summed E-state index contributed by atoms with van der Waals surface area (Å²) in [4.78, 5) is 23.1. The van der Waals surface area contributed by atoms with Crippen LogP contribution in [0.15, 0.2) is 24.3 Å². The van der Waals surface area contributed by atoms with Gasteiger partial charge in [-0.1, -0.05) is 6.07 Å². The van der Waals surface area contributed by atoms with Gasteiger partial charge in [-0.15, -0.1) is 0 Å². The molecule has 0 aliphatic heterocycles. The van der Waals surface area contributed by atoms with Crippen LogP contribution in [0.25, 0.3) is 0 Å². The molecule has 2 N–H and O–H groups in total. The van der Waals surface area contributed by atoms with E-state index in [1.54, 1.807) is 24.3 Å². The van der Waals surface area contributed by atoms with Crippen molar-refractivity contribution in [3.8, 4) is 0 Å². The van der Waals surface area contributed by atoms with E-state index in [-0.39, 0.29) is 18.4 Å². The maximum Gasteiger partial charge on any atom is 0.411 e. The third-order valence-electron chi connectivity index (χ3n) is 2.85. The number of anilines is 2. The van der Waals surface area contributed by atoms with Crippen molar-refractivity contribution in [2.75, 3.05) is 31.0 Å². The van der Waals surface area contributed by atoms with Crippen LogP contribution in [-0.4, -0.2) is 32.3 Å². The lowest BCUT2D eigenvalue weighted by Gasteiger charge is -2.09. The van der Waals surface area contributed by atoms with Gasteiger partial charge in [0.15, 0.2) is 0 Å². The molecule has 20 heavy (non-hydrogen) atoms. The van der Waals surface area contributed by atoms with E-state index in [1.165, 1.54) is 7.11 Å². The molecule has 0 aromatic heterocycles. The van der Waals surface area contributed by atoms with Gasteiger partial charge in [-0.25, -0.2) is 4.79 Å². The zero-order chi connectivity index (χ0) is 14.4. The van der Waals surface area contributed by atoms with Crippen LogP contribution in [0.1, 0.15) is 12.8 Å². The summed E-state index contributed by atoms with van der Waals surface area (Å²) in [6.07, 6.45) is 1.36. The van der Waals surface area contributed by atoms with Gasteiger partial charge in [-0.05, 0) is 31.0 Å². The molecule has 0 saturated heterocycles. The van der Waals surface area contributed by atoms with E-state index in [0.717, 1.165) is 12.8 Å². The number of methoxy groups -OCH3 is 1. The van der Waals surface area contributed by atoms with Crippen LogP contribution < -0.4 is 10.6 Å². The Morgan fingerprint density at radius 2 is 1.90 bits per heavy atom. The number of carbonyl (C=O) groups excluding carboxylic acids is 2. The summed E-state index contributed by atoms with van der Waals surface area (Å²) in [5.74, 6) is 0.176. The fraction of sp³-hybridized carbons (Fsp3) is 0.429. The van der Waals surface area contributed by atoms with E-state index in [1.807, 2.05) is 0 Å². The summed E-state index contributed by atoms with van der Waals surface area (Å²) in [5, 5.41) is 5.41. The first-order valence-electron chi connectivity index (χ1n) is 6.52. The summed E-state index contributed by atoms with van der Waals surface area (Å²) in [7, 11) is 1.54. The molecule has 1 saturated carbocycles. The van der Waals surface area contributed by atoms with Crippen molar-refractivity contribution in [2.45, 2.75) is 12.8 Å². The molecule has 1 aliphatic carbocycles. The average Bonchev–Trinajstić information content (AvgIpc) is 3.23. The number of benzene rings is 1. The minimum absolute atomic E-state index is 0.0322. The van der Waals surface area contributed by atoms with E-state index in [4.69, 9.17) is 9.47 Å². The molecular formula is C14H18N2O4. The van der Waals surface area contributed by atoms with Crippen molar-refractivity contribution in [3.05, 3.63) is 24.3 Å². The van der Waals surface area contributed by atoms with Gasteiger partial charge in [0.25, 0.3) is 0 Å². The Morgan fingerprint density at radius 1 is 1.20 bits per heavy atom. The van der Waals surface area contributed by atoms with Gasteiger partial charge >= 0.3 is 6.09 Å². The van der Waals surface area contributed by atoms with Gasteiger partial charge < -0.3 is 14.8 Å². The molecule has 1 aromatic rings. The summed E-state index contributed by atoms with van der Waals surface area (Å²) in [5.41, 5.74) is 1.23. The normalized spacial score (nSPS) is 13.7. The molecule has 1 aliphatic rings. The lowest BCUT2D eigenvalue weighted by molar-refractivity contribution is -0.117. The predicted molar refractivity (Wildman–Crippen MR) is 74.6 cm³/mol. The molecule has 6 heteroatoms. The molecular weight excluding hydrogens is 260 g/mol. The van der Waals surface area contributed by atoms with Gasteiger partial charge in [0.2, 0.25) is 5.91 Å². The van der Waals surface area contributed by atoms with E-state index in [2.05, 4.69) is 10.6 Å². The van der Waals surface area contributed by atoms with Crippen molar-refractivity contribution in [3.63, 3.8) is 0 Å². The second-order valence-corrected chi connectivity index (χ2v) is 4.60. The van der Waals surface area contributed by atoms with Gasteiger partial charge in [0, 0.05) is 24.4 Å². The summed E-state index contributed by atoms with van der Waals surface area (Å²) in [6, 6.07) is 6.96. The fourth-order valence-electron chi connectivity index (χ4n) is 1.64. The topological polar surface area (TPSA) is 76.7 Å². The minimum Gasteiger partial charge on any atom is -0.447 e. The average molecular weight is 278 g/mol. The van der Waals surface area contributed by atoms with E-state index in [0.29, 0.717) is 18.0 Å². The zero-order valence-electron chi connectivity index (χ0n) is 11.3. The van der Waals surface area contributed by atoms with Crippen molar-refractivity contribution >= 4 is 23.4 Å². The van der Waals surface area contributed by atoms with E-state index in [9.17, 15) is 9.59 Å². The highest BCUT2D eigenvalue weighted by atomic mass is 16.6. The Kier molecular flexibility index (Phi) is 4.95. The summed E-state index contributed by atoms with van der Waals surface area (Å²) >= 11 is 0. The molecule has 0 spiro atoms. The van der Waals surface area contributed by atoms with E-state index < -0.39 is 6.09 Å². The minimum atomic E-state index is -0.548. The first kappa shape index (κ1) is 14.3. The SMILES string of the molecule is COCCOC(=O)Nc1cccc(NC(=O)C2CC2)c1. The molecule has 2 rings (SSSR count). The maximum absolute atomic E-state index is 11.6. The molecule has 6 nitrogen and oxygen atoms in total. The lowest BCUT2D eigenvalue weighted by atomic mass is 10.2. The van der Waals surface area contributed by atoms with Gasteiger partial charge in [0.1, 0.15) is 6.61 Å². The second-order valence-electron chi connectivity index (χ2n) is 4.60. The third kappa shape index (κ3) is 4.55. The van der Waals surface area contributed by atoms with Crippen LogP contribution in [0.3, 0.4) is 0 Å². The number of amides is 2. The van der Waals surface area contributed by atoms with Gasteiger partial charge in [-0.2, -0.15) is 0 Å². The summed E-state index contributed by atoms with van der Waals surface area (Å²) < 4.78 is 9.67. The number of ether oxygens (including phenoxy) is 2. The number of rotatable bonds is 6. The van der Waals surface area contributed by atoms with E-state index >= 15 is 0 Å². The van der Waals surface area contributed by atoms with Crippen LogP contribution in [0.2, 0.25) is 0 Å². The monoisotopic (exact) mass is 278 g/mol. The molecule has 2 amide bonds. The number of hydrogen-bond acceptors (Lipinski definition) is 4. The molecule has 0 heterocycles. The van der Waals surface area contributed by atoms with Gasteiger partial charge in [-0.3, -0.25) is 10.1 Å². The molecule has 0 radical (unpaired) electrons. The van der Waals surface area contributed by atoms with Crippen molar-refractivity contribution in [1.82, 2.24) is 0 Å². The Hall–Kier alpha value is -2.08. The third-order valence-corrected chi connectivity index (χ3v) is 2.85. The fourth-order valence-corrected chi connectivity index (χ4v) is 1.64. The molecule has 108 valence electrons. The highest BCUT2D eigenvalue weighted by Crippen LogP contribution is 2.30. The highest BCUT2D eigenvalue weighted by molar-refractivity contribution is 5.95. The number of carbonyl (C=O) groups is 2. The van der Waals surface area contributed by atoms with Crippen LogP contribution in [0.5, 0.6) is 0 Å². The van der Waals surface area contributed by atoms with Gasteiger partial charge in [0.05, 0.1) is 6.61 Å². The predicted octanol–water partition coefficient (Wildman–Crippen LogP) is 2.23. The van der Waals surface area contributed by atoms with Crippen LogP contribution in [-0.2, 0) is 14.3 Å². The molecule has 0 atom stereocenters. The Labute approximate surface area is 117 Å². The maximum atomic E-state index is 11.6. The number of nitrogens with one attached hydrogen (secondary N) is 2. The Bertz CT molecular complexity index is 486. The molecule has 0 unspecified atom stereocenters. The molecule has 1 fully saturated rings. The standard InChI is InChI=1S/C14H18N2O4/c1-19-7-8-20-14(18)16-12-4-2-3-11(9-12)15-13(17)10-5-6-10/h2-4,9-10H,5-8H2,1H3,(H,15,17)(H,16,18). The van der Waals surface area contributed by atoms with Crippen LogP contribution >= 0.6 is 0 Å². The summed E-state index contributed by atoms with van der Waals surface area (Å²) in [6.45, 7) is 0.547. The first-order valence-corrected chi connectivity index (χ1v) is 6.52. The van der Waals surface area contributed by atoms with Crippen LogP contribution in [0.4, 0.5) is 16.2 Å². The zero-order valence-corrected chi connectivity index (χ0v) is 11.3. The molecule has 1 aromatic carbocycles. The largest absolute Gasteiger partial charge is 0.447 e. The molecule has 0 bridgehead atoms. The first-order chi connectivity index (χ1) is 9.69. The van der Waals surface area contributed by atoms with Crippen LogP contribution in [0, 0.1) is 5.92 Å². The highest BCUT2D eigenvalue weighted by Gasteiger charge is 2.29. The lowest BCUT2D eigenvalue weighted by Crippen LogP contribution is -2.17. The Balaban J connectivity index is 1.85. The quantitative estimate of drug-likeness (QED) is 0.782. The Morgan fingerprint density at radius 3 is 2.55 bits per heavy atom. The number of hydrogen-bond donors (Lipinski definition) is 2. The van der Waals surface area contributed by atoms with Crippen molar-refractivity contribution in [2.24, 2.45) is 5.92 Å². The van der Waals surface area contributed by atoms with Crippen molar-refractivity contribution in [1.29, 1.82) is 0 Å².